The molecule has 0 bridgehead atoms. The molecule has 3 heteroatoms. The van der Waals surface area contributed by atoms with E-state index >= 15 is 0 Å². The van der Waals surface area contributed by atoms with Crippen molar-refractivity contribution in [2.75, 3.05) is 11.4 Å². The van der Waals surface area contributed by atoms with Gasteiger partial charge in [0.15, 0.2) is 0 Å². The first-order valence-electron chi connectivity index (χ1n) is 5.88. The number of hydrogen-bond donors (Lipinski definition) is 1. The van der Waals surface area contributed by atoms with Crippen molar-refractivity contribution in [2.45, 2.75) is 32.9 Å². The highest BCUT2D eigenvalue weighted by Crippen LogP contribution is 2.35. The second kappa shape index (κ2) is 3.24. The van der Waals surface area contributed by atoms with Crippen LogP contribution in [-0.4, -0.2) is 18.6 Å². The average molecular weight is 216 g/mol. The summed E-state index contributed by atoms with van der Waals surface area (Å²) in [4.78, 5) is 14.3. The van der Waals surface area contributed by atoms with Crippen LogP contribution < -0.4 is 10.2 Å². The minimum Gasteiger partial charge on any atom is -0.351 e. The third kappa shape index (κ3) is 1.24. The van der Waals surface area contributed by atoms with E-state index in [4.69, 9.17) is 0 Å². The van der Waals surface area contributed by atoms with Crippen molar-refractivity contribution in [3.05, 3.63) is 28.8 Å². The summed E-state index contributed by atoms with van der Waals surface area (Å²) in [7, 11) is 0. The molecule has 1 atom stereocenters. The SMILES string of the molecule is Cc1cc2c3c(c1)C(=O)N[C@@H](C)N3CCC2. The fraction of sp³-hybridized carbons (Fsp3) is 0.462. The third-order valence-electron chi connectivity index (χ3n) is 3.52. The van der Waals surface area contributed by atoms with Gasteiger partial charge in [-0.2, -0.15) is 0 Å². The van der Waals surface area contributed by atoms with Gasteiger partial charge in [-0.3, -0.25) is 4.79 Å². The molecular formula is C13H16N2O. The number of nitrogens with one attached hydrogen (secondary N) is 1. The minimum atomic E-state index is 0.0746. The van der Waals surface area contributed by atoms with Crippen molar-refractivity contribution in [2.24, 2.45) is 0 Å². The van der Waals surface area contributed by atoms with Crippen LogP contribution in [0.4, 0.5) is 5.69 Å². The van der Waals surface area contributed by atoms with E-state index in [1.54, 1.807) is 0 Å². The zero-order valence-electron chi connectivity index (χ0n) is 9.71. The first kappa shape index (κ1) is 9.70. The van der Waals surface area contributed by atoms with Crippen LogP contribution in [0.5, 0.6) is 0 Å². The van der Waals surface area contributed by atoms with Gasteiger partial charge in [0.1, 0.15) is 0 Å². The van der Waals surface area contributed by atoms with E-state index in [0.29, 0.717) is 0 Å². The third-order valence-corrected chi connectivity index (χ3v) is 3.52. The number of amides is 1. The van der Waals surface area contributed by atoms with E-state index < -0.39 is 0 Å². The molecule has 0 aliphatic carbocycles. The predicted molar refractivity (Wildman–Crippen MR) is 63.8 cm³/mol. The Morgan fingerprint density at radius 2 is 2.25 bits per heavy atom. The Kier molecular flexibility index (Phi) is 1.96. The molecule has 0 spiro atoms. The first-order chi connectivity index (χ1) is 7.66. The number of nitrogens with zero attached hydrogens (tertiary/aromatic N) is 1. The Labute approximate surface area is 95.4 Å². The number of benzene rings is 1. The summed E-state index contributed by atoms with van der Waals surface area (Å²) in [6, 6.07) is 4.22. The molecule has 2 heterocycles. The topological polar surface area (TPSA) is 32.3 Å². The van der Waals surface area contributed by atoms with Gasteiger partial charge < -0.3 is 10.2 Å². The summed E-state index contributed by atoms with van der Waals surface area (Å²) >= 11 is 0. The summed E-state index contributed by atoms with van der Waals surface area (Å²) in [5.41, 5.74) is 4.55. The maximum atomic E-state index is 11.9. The Morgan fingerprint density at radius 1 is 1.44 bits per heavy atom. The van der Waals surface area contributed by atoms with Gasteiger partial charge in [-0.15, -0.1) is 0 Å². The molecule has 0 radical (unpaired) electrons. The molecule has 3 nitrogen and oxygen atoms in total. The Balaban J connectivity index is 2.25. The van der Waals surface area contributed by atoms with E-state index in [-0.39, 0.29) is 12.1 Å². The molecule has 1 N–H and O–H groups in total. The maximum Gasteiger partial charge on any atom is 0.254 e. The van der Waals surface area contributed by atoms with Gasteiger partial charge in [-0.1, -0.05) is 6.07 Å². The molecule has 0 saturated carbocycles. The highest BCUT2D eigenvalue weighted by Gasteiger charge is 2.32. The molecule has 3 rings (SSSR count). The standard InChI is InChI=1S/C13H16N2O/c1-8-6-10-4-3-5-15-9(2)14-13(16)11(7-8)12(10)15/h6-7,9H,3-5H2,1-2H3,(H,14,16)/t9-/m1/s1. The van der Waals surface area contributed by atoms with E-state index in [2.05, 4.69) is 30.1 Å². The molecule has 16 heavy (non-hydrogen) atoms. The smallest absolute Gasteiger partial charge is 0.254 e. The molecular weight excluding hydrogens is 200 g/mol. The summed E-state index contributed by atoms with van der Waals surface area (Å²) in [5.74, 6) is 0.0746. The minimum absolute atomic E-state index is 0.0746. The summed E-state index contributed by atoms with van der Waals surface area (Å²) in [6.45, 7) is 5.15. The summed E-state index contributed by atoms with van der Waals surface area (Å²) < 4.78 is 0. The van der Waals surface area contributed by atoms with E-state index in [0.717, 1.165) is 18.5 Å². The summed E-state index contributed by atoms with van der Waals surface area (Å²) in [6.07, 6.45) is 2.40. The van der Waals surface area contributed by atoms with Crippen LogP contribution in [0, 0.1) is 6.92 Å². The molecule has 0 unspecified atom stereocenters. The lowest BCUT2D eigenvalue weighted by Crippen LogP contribution is -2.53. The van der Waals surface area contributed by atoms with Crippen molar-refractivity contribution in [1.82, 2.24) is 5.32 Å². The number of rotatable bonds is 0. The Morgan fingerprint density at radius 3 is 3.06 bits per heavy atom. The highest BCUT2D eigenvalue weighted by atomic mass is 16.2. The van der Waals surface area contributed by atoms with Gasteiger partial charge in [0.2, 0.25) is 0 Å². The van der Waals surface area contributed by atoms with Gasteiger partial charge in [-0.25, -0.2) is 0 Å². The van der Waals surface area contributed by atoms with Crippen molar-refractivity contribution in [1.29, 1.82) is 0 Å². The molecule has 1 aromatic rings. The monoisotopic (exact) mass is 216 g/mol. The molecule has 1 amide bonds. The van der Waals surface area contributed by atoms with Crippen LogP contribution in [-0.2, 0) is 6.42 Å². The van der Waals surface area contributed by atoms with Gasteiger partial charge in [0.05, 0.1) is 17.4 Å². The van der Waals surface area contributed by atoms with E-state index in [1.807, 2.05) is 6.07 Å². The van der Waals surface area contributed by atoms with Crippen molar-refractivity contribution >= 4 is 11.6 Å². The number of aryl methyl sites for hydroxylation is 2. The lowest BCUT2D eigenvalue weighted by molar-refractivity contribution is 0.0929. The predicted octanol–water partition coefficient (Wildman–Crippen LogP) is 1.84. The number of carbonyl (C=O) groups excluding carboxylic acids is 1. The van der Waals surface area contributed by atoms with Crippen LogP contribution in [0.25, 0.3) is 0 Å². The second-order valence-electron chi connectivity index (χ2n) is 4.77. The zero-order valence-corrected chi connectivity index (χ0v) is 9.71. The molecule has 0 aromatic heterocycles. The van der Waals surface area contributed by atoms with Gasteiger partial charge in [-0.05, 0) is 43.9 Å². The van der Waals surface area contributed by atoms with Crippen molar-refractivity contribution in [3.63, 3.8) is 0 Å². The largest absolute Gasteiger partial charge is 0.351 e. The molecule has 0 fully saturated rings. The Hall–Kier alpha value is -1.51. The summed E-state index contributed by atoms with van der Waals surface area (Å²) in [5, 5.41) is 3.01. The fourth-order valence-electron chi connectivity index (χ4n) is 2.84. The highest BCUT2D eigenvalue weighted by molar-refractivity contribution is 6.03. The normalized spacial score (nSPS) is 22.8. The van der Waals surface area contributed by atoms with Crippen LogP contribution in [0.1, 0.15) is 34.8 Å². The van der Waals surface area contributed by atoms with Crippen LogP contribution in [0.3, 0.4) is 0 Å². The van der Waals surface area contributed by atoms with Crippen LogP contribution in [0.15, 0.2) is 12.1 Å². The molecule has 84 valence electrons. The van der Waals surface area contributed by atoms with Gasteiger partial charge in [0.25, 0.3) is 5.91 Å². The van der Waals surface area contributed by atoms with Gasteiger partial charge >= 0.3 is 0 Å². The lowest BCUT2D eigenvalue weighted by atomic mass is 9.93. The van der Waals surface area contributed by atoms with E-state index in [9.17, 15) is 4.79 Å². The number of anilines is 1. The molecule has 2 aliphatic rings. The number of hydrogen-bond acceptors (Lipinski definition) is 2. The molecule has 0 saturated heterocycles. The van der Waals surface area contributed by atoms with Crippen LogP contribution in [0.2, 0.25) is 0 Å². The lowest BCUT2D eigenvalue weighted by Gasteiger charge is -2.41. The molecule has 2 aliphatic heterocycles. The van der Waals surface area contributed by atoms with Crippen molar-refractivity contribution < 1.29 is 4.79 Å². The molecule has 1 aromatic carbocycles. The maximum absolute atomic E-state index is 11.9. The number of carbonyl (C=O) groups is 1. The quantitative estimate of drug-likeness (QED) is 0.717. The average Bonchev–Trinajstić information content (AvgIpc) is 2.25. The van der Waals surface area contributed by atoms with Crippen molar-refractivity contribution in [3.8, 4) is 0 Å². The zero-order chi connectivity index (χ0) is 11.3. The van der Waals surface area contributed by atoms with Gasteiger partial charge in [0, 0.05) is 6.54 Å². The van der Waals surface area contributed by atoms with Crippen LogP contribution >= 0.6 is 0 Å². The fourth-order valence-corrected chi connectivity index (χ4v) is 2.84. The first-order valence-corrected chi connectivity index (χ1v) is 5.88. The Bertz CT molecular complexity index is 467. The van der Waals surface area contributed by atoms with E-state index in [1.165, 1.54) is 23.2 Å². The second-order valence-corrected chi connectivity index (χ2v) is 4.77.